The zero-order chi connectivity index (χ0) is 16.0. The molecule has 22 heavy (non-hydrogen) atoms. The number of benzene rings is 1. The number of carbonyl (C=O) groups is 1. The maximum atomic E-state index is 10.6. The molecule has 1 N–H and O–H groups in total. The molecule has 0 aliphatic heterocycles. The van der Waals surface area contributed by atoms with Crippen molar-refractivity contribution >= 4 is 6.29 Å². The number of rotatable bonds is 12. The van der Waals surface area contributed by atoms with Crippen LogP contribution in [0.25, 0.3) is 0 Å². The van der Waals surface area contributed by atoms with Gasteiger partial charge in [0.05, 0.1) is 33.0 Å². The van der Waals surface area contributed by atoms with Crippen molar-refractivity contribution in [3.63, 3.8) is 0 Å². The lowest BCUT2D eigenvalue weighted by molar-refractivity contribution is 0.0140. The van der Waals surface area contributed by atoms with E-state index in [1.54, 1.807) is 0 Å². The van der Waals surface area contributed by atoms with Crippen molar-refractivity contribution < 1.29 is 28.8 Å². The van der Waals surface area contributed by atoms with Crippen LogP contribution in [-0.4, -0.2) is 57.6 Å². The van der Waals surface area contributed by atoms with Gasteiger partial charge in [0.15, 0.2) is 11.5 Å². The van der Waals surface area contributed by atoms with Gasteiger partial charge in [-0.3, -0.25) is 4.79 Å². The molecular formula is C16H20O6. The maximum Gasteiger partial charge on any atom is 0.161 e. The molecule has 1 aromatic carbocycles. The first-order chi connectivity index (χ1) is 10.8. The van der Waals surface area contributed by atoms with Crippen LogP contribution in [0.4, 0.5) is 0 Å². The fourth-order valence-corrected chi connectivity index (χ4v) is 1.50. The van der Waals surface area contributed by atoms with Crippen LogP contribution in [0.5, 0.6) is 11.5 Å². The minimum atomic E-state index is -0.0131. The van der Waals surface area contributed by atoms with Crippen LogP contribution in [-0.2, 0) is 14.2 Å². The lowest BCUT2D eigenvalue weighted by Crippen LogP contribution is -2.12. The molecule has 1 rings (SSSR count). The number of phenols is 1. The third kappa shape index (κ3) is 7.64. The van der Waals surface area contributed by atoms with Crippen molar-refractivity contribution in [3.8, 4) is 23.8 Å². The van der Waals surface area contributed by atoms with Gasteiger partial charge in [-0.05, 0) is 18.2 Å². The maximum absolute atomic E-state index is 10.6. The molecular weight excluding hydrogens is 288 g/mol. The van der Waals surface area contributed by atoms with E-state index >= 15 is 0 Å². The van der Waals surface area contributed by atoms with Crippen molar-refractivity contribution in [2.75, 3.05) is 46.2 Å². The third-order valence-corrected chi connectivity index (χ3v) is 2.53. The molecule has 120 valence electrons. The number of hydrogen-bond donors (Lipinski definition) is 1. The van der Waals surface area contributed by atoms with Gasteiger partial charge in [0.25, 0.3) is 0 Å². The Morgan fingerprint density at radius 2 is 1.68 bits per heavy atom. The summed E-state index contributed by atoms with van der Waals surface area (Å²) in [6.45, 7) is 2.70. The van der Waals surface area contributed by atoms with Gasteiger partial charge >= 0.3 is 0 Å². The second-order valence-corrected chi connectivity index (χ2v) is 4.17. The smallest absolute Gasteiger partial charge is 0.161 e. The summed E-state index contributed by atoms with van der Waals surface area (Å²) >= 11 is 0. The monoisotopic (exact) mass is 308 g/mol. The average Bonchev–Trinajstić information content (AvgIpc) is 2.54. The molecule has 0 spiro atoms. The number of aldehydes is 1. The minimum Gasteiger partial charge on any atom is -0.504 e. The van der Waals surface area contributed by atoms with E-state index < -0.39 is 0 Å². The first kappa shape index (κ1) is 18.0. The summed E-state index contributed by atoms with van der Waals surface area (Å²) in [6, 6.07) is 4.40. The molecule has 0 saturated heterocycles. The van der Waals surface area contributed by atoms with Crippen LogP contribution in [0.1, 0.15) is 10.4 Å². The summed E-state index contributed by atoms with van der Waals surface area (Å²) in [7, 11) is 0. The van der Waals surface area contributed by atoms with Crippen molar-refractivity contribution in [1.82, 2.24) is 0 Å². The third-order valence-electron chi connectivity index (χ3n) is 2.53. The van der Waals surface area contributed by atoms with Crippen LogP contribution in [0.3, 0.4) is 0 Å². The van der Waals surface area contributed by atoms with Gasteiger partial charge in [-0.25, -0.2) is 0 Å². The molecule has 0 unspecified atom stereocenters. The number of carbonyl (C=O) groups excluding carboxylic acids is 1. The van der Waals surface area contributed by atoms with E-state index in [-0.39, 0.29) is 24.7 Å². The Morgan fingerprint density at radius 3 is 2.32 bits per heavy atom. The van der Waals surface area contributed by atoms with Crippen LogP contribution in [0.15, 0.2) is 18.2 Å². The van der Waals surface area contributed by atoms with Crippen LogP contribution in [0, 0.1) is 12.3 Å². The van der Waals surface area contributed by atoms with Gasteiger partial charge < -0.3 is 24.1 Å². The molecule has 0 heterocycles. The average molecular weight is 308 g/mol. The Balaban J connectivity index is 2.02. The molecule has 0 fully saturated rings. The van der Waals surface area contributed by atoms with Crippen molar-refractivity contribution in [2.24, 2.45) is 0 Å². The molecule has 0 amide bonds. The van der Waals surface area contributed by atoms with Gasteiger partial charge in [0.1, 0.15) is 19.5 Å². The molecule has 0 aliphatic carbocycles. The van der Waals surface area contributed by atoms with Gasteiger partial charge in [-0.15, -0.1) is 6.42 Å². The van der Waals surface area contributed by atoms with Crippen LogP contribution < -0.4 is 4.74 Å². The van der Waals surface area contributed by atoms with Crippen LogP contribution >= 0.6 is 0 Å². The highest BCUT2D eigenvalue weighted by Gasteiger charge is 2.03. The van der Waals surface area contributed by atoms with Gasteiger partial charge in [-0.2, -0.15) is 0 Å². The van der Waals surface area contributed by atoms with Gasteiger partial charge in [0, 0.05) is 5.56 Å². The molecule has 0 aliphatic rings. The number of aromatic hydroxyl groups is 1. The molecule has 0 radical (unpaired) electrons. The zero-order valence-corrected chi connectivity index (χ0v) is 12.3. The van der Waals surface area contributed by atoms with E-state index in [0.717, 1.165) is 0 Å². The second-order valence-electron chi connectivity index (χ2n) is 4.17. The quantitative estimate of drug-likeness (QED) is 0.356. The normalized spacial score (nSPS) is 10.1. The lowest BCUT2D eigenvalue weighted by Gasteiger charge is -2.09. The van der Waals surface area contributed by atoms with E-state index in [1.807, 2.05) is 0 Å². The molecule has 1 aromatic rings. The van der Waals surface area contributed by atoms with Crippen molar-refractivity contribution in [3.05, 3.63) is 23.8 Å². The Kier molecular flexibility index (Phi) is 9.46. The highest BCUT2D eigenvalue weighted by Crippen LogP contribution is 2.26. The Hall–Kier alpha value is -2.07. The van der Waals surface area contributed by atoms with E-state index in [2.05, 4.69) is 5.92 Å². The molecule has 0 bridgehead atoms. The fraction of sp³-hybridized carbons (Fsp3) is 0.438. The van der Waals surface area contributed by atoms with E-state index in [0.29, 0.717) is 44.9 Å². The number of terminal acetylenes is 1. The highest BCUT2D eigenvalue weighted by molar-refractivity contribution is 5.76. The zero-order valence-electron chi connectivity index (χ0n) is 12.3. The predicted octanol–water partition coefficient (Wildman–Crippen LogP) is 1.27. The summed E-state index contributed by atoms with van der Waals surface area (Å²) in [4.78, 5) is 10.6. The van der Waals surface area contributed by atoms with Gasteiger partial charge in [0.2, 0.25) is 0 Å². The van der Waals surface area contributed by atoms with Crippen molar-refractivity contribution in [2.45, 2.75) is 0 Å². The molecule has 6 heteroatoms. The van der Waals surface area contributed by atoms with Crippen molar-refractivity contribution in [1.29, 1.82) is 0 Å². The van der Waals surface area contributed by atoms with Gasteiger partial charge in [-0.1, -0.05) is 5.92 Å². The molecule has 6 nitrogen and oxygen atoms in total. The molecule has 0 atom stereocenters. The SMILES string of the molecule is C#CCOCCOCCOCCOc1cc(C=O)ccc1O. The molecule has 0 saturated carbocycles. The summed E-state index contributed by atoms with van der Waals surface area (Å²) in [5.41, 5.74) is 0.439. The highest BCUT2D eigenvalue weighted by atomic mass is 16.6. The number of ether oxygens (including phenoxy) is 4. The predicted molar refractivity (Wildman–Crippen MR) is 80.3 cm³/mol. The summed E-state index contributed by atoms with van der Waals surface area (Å²) in [5, 5.41) is 9.57. The second kappa shape index (κ2) is 11.6. The fourth-order valence-electron chi connectivity index (χ4n) is 1.50. The lowest BCUT2D eigenvalue weighted by atomic mass is 10.2. The summed E-state index contributed by atoms with van der Waals surface area (Å²) in [5.74, 6) is 2.61. The number of hydrogen-bond acceptors (Lipinski definition) is 6. The van der Waals surface area contributed by atoms with E-state index in [1.165, 1.54) is 18.2 Å². The molecule has 0 aromatic heterocycles. The van der Waals surface area contributed by atoms with E-state index in [9.17, 15) is 9.90 Å². The standard InChI is InChI=1S/C16H20O6/c1-2-5-19-6-7-20-8-9-21-10-11-22-16-12-14(13-17)3-4-15(16)18/h1,3-4,12-13,18H,5-11H2. The van der Waals surface area contributed by atoms with Crippen LogP contribution in [0.2, 0.25) is 0 Å². The Labute approximate surface area is 129 Å². The Bertz CT molecular complexity index is 480. The minimum absolute atomic E-state index is 0.0131. The summed E-state index contributed by atoms with van der Waals surface area (Å²) in [6.07, 6.45) is 5.71. The first-order valence-corrected chi connectivity index (χ1v) is 6.85. The largest absolute Gasteiger partial charge is 0.504 e. The number of phenolic OH excluding ortho intramolecular Hbond substituents is 1. The first-order valence-electron chi connectivity index (χ1n) is 6.85. The topological polar surface area (TPSA) is 74.2 Å². The Morgan fingerprint density at radius 1 is 1.05 bits per heavy atom. The summed E-state index contributed by atoms with van der Waals surface area (Å²) < 4.78 is 20.9. The van der Waals surface area contributed by atoms with E-state index in [4.69, 9.17) is 25.4 Å².